The largest absolute Gasteiger partial charge is 0.348 e. The number of amides is 1. The Morgan fingerprint density at radius 3 is 2.48 bits per heavy atom. The lowest BCUT2D eigenvalue weighted by atomic mass is 10.1. The first-order valence-electron chi connectivity index (χ1n) is 9.42. The highest BCUT2D eigenvalue weighted by molar-refractivity contribution is 5.94. The number of hydrogen-bond acceptors (Lipinski definition) is 4. The zero-order chi connectivity index (χ0) is 20.2. The lowest BCUT2D eigenvalue weighted by Crippen LogP contribution is -2.23. The Hall–Kier alpha value is -3.74. The van der Waals surface area contributed by atoms with Crippen molar-refractivity contribution in [2.75, 3.05) is 0 Å². The van der Waals surface area contributed by atoms with Crippen LogP contribution in [0.1, 0.15) is 32.9 Å². The number of nitrogens with zero attached hydrogens (tertiary/aromatic N) is 5. The fraction of sp³-hybridized carbons (Fsp3) is 0.182. The van der Waals surface area contributed by atoms with Gasteiger partial charge < -0.3 is 5.32 Å². The fourth-order valence-corrected chi connectivity index (χ4v) is 3.29. The third-order valence-corrected chi connectivity index (χ3v) is 4.89. The van der Waals surface area contributed by atoms with Crippen LogP contribution in [0.15, 0.2) is 67.3 Å². The Kier molecular flexibility index (Phi) is 5.20. The van der Waals surface area contributed by atoms with Crippen molar-refractivity contribution < 1.29 is 4.79 Å². The Morgan fingerprint density at radius 1 is 1.03 bits per heavy atom. The van der Waals surface area contributed by atoms with E-state index in [0.717, 1.165) is 28.2 Å². The molecule has 0 aliphatic rings. The van der Waals surface area contributed by atoms with E-state index in [9.17, 15) is 4.79 Å². The molecule has 146 valence electrons. The minimum Gasteiger partial charge on any atom is -0.348 e. The molecule has 2 aromatic carbocycles. The molecule has 0 aliphatic carbocycles. The zero-order valence-corrected chi connectivity index (χ0v) is 16.4. The molecule has 1 amide bonds. The molecule has 2 aromatic heterocycles. The van der Waals surface area contributed by atoms with Crippen molar-refractivity contribution in [3.63, 3.8) is 0 Å². The second-order valence-corrected chi connectivity index (χ2v) is 6.87. The van der Waals surface area contributed by atoms with Crippen molar-refractivity contribution >= 4 is 5.91 Å². The number of aryl methyl sites for hydroxylation is 1. The number of hydrogen-bond donors (Lipinski definition) is 1. The minimum absolute atomic E-state index is 0.108. The maximum absolute atomic E-state index is 12.6. The normalized spacial score (nSPS) is 10.8. The highest BCUT2D eigenvalue weighted by Gasteiger charge is 2.14. The standard InChI is InChI=1S/C22H22N6O/c1-16-21(17(2)28(26-16)20-6-4-3-5-7-20)12-24-22(29)19-10-8-18(9-11-19)13-27-15-23-14-25-27/h3-11,14-15H,12-13H2,1-2H3,(H,24,29). The molecule has 2 heterocycles. The number of carbonyl (C=O) groups is 1. The van der Waals surface area contributed by atoms with E-state index in [1.54, 1.807) is 11.0 Å². The first-order valence-corrected chi connectivity index (χ1v) is 9.42. The minimum atomic E-state index is -0.108. The molecule has 0 saturated heterocycles. The molecule has 0 radical (unpaired) electrons. The number of aromatic nitrogens is 5. The van der Waals surface area contributed by atoms with Gasteiger partial charge in [0.1, 0.15) is 12.7 Å². The summed E-state index contributed by atoms with van der Waals surface area (Å²) >= 11 is 0. The molecular weight excluding hydrogens is 364 g/mol. The summed E-state index contributed by atoms with van der Waals surface area (Å²) in [5.74, 6) is -0.108. The van der Waals surface area contributed by atoms with Crippen LogP contribution in [0, 0.1) is 13.8 Å². The molecular formula is C22H22N6O. The SMILES string of the molecule is Cc1nn(-c2ccccc2)c(C)c1CNC(=O)c1ccc(Cn2cncn2)cc1. The summed E-state index contributed by atoms with van der Waals surface area (Å²) in [5, 5.41) is 11.7. The predicted molar refractivity (Wildman–Crippen MR) is 110 cm³/mol. The number of rotatable bonds is 6. The quantitative estimate of drug-likeness (QED) is 0.552. The predicted octanol–water partition coefficient (Wildman–Crippen LogP) is 3.06. The molecule has 0 unspecified atom stereocenters. The average molecular weight is 386 g/mol. The number of para-hydroxylation sites is 1. The Morgan fingerprint density at radius 2 is 1.79 bits per heavy atom. The summed E-state index contributed by atoms with van der Waals surface area (Å²) in [6.45, 7) is 5.04. The van der Waals surface area contributed by atoms with E-state index in [2.05, 4.69) is 20.5 Å². The maximum atomic E-state index is 12.6. The summed E-state index contributed by atoms with van der Waals surface area (Å²) in [5.41, 5.74) is 5.66. The molecule has 0 fully saturated rings. The van der Waals surface area contributed by atoms with E-state index in [-0.39, 0.29) is 5.91 Å². The van der Waals surface area contributed by atoms with Crippen LogP contribution >= 0.6 is 0 Å². The van der Waals surface area contributed by atoms with E-state index in [1.807, 2.05) is 73.1 Å². The Balaban J connectivity index is 1.43. The molecule has 0 aliphatic heterocycles. The average Bonchev–Trinajstić information content (AvgIpc) is 3.35. The molecule has 4 aromatic rings. The molecule has 0 saturated carbocycles. The van der Waals surface area contributed by atoms with Crippen LogP contribution in [0.25, 0.3) is 5.69 Å². The fourth-order valence-electron chi connectivity index (χ4n) is 3.29. The number of carbonyl (C=O) groups excluding carboxylic acids is 1. The van der Waals surface area contributed by atoms with Crippen LogP contribution in [-0.4, -0.2) is 30.5 Å². The summed E-state index contributed by atoms with van der Waals surface area (Å²) in [6.07, 6.45) is 3.17. The van der Waals surface area contributed by atoms with Crippen molar-refractivity contribution in [1.29, 1.82) is 0 Å². The van der Waals surface area contributed by atoms with Crippen molar-refractivity contribution in [3.8, 4) is 5.69 Å². The van der Waals surface area contributed by atoms with Gasteiger partial charge in [0.25, 0.3) is 5.91 Å². The van der Waals surface area contributed by atoms with Crippen molar-refractivity contribution in [2.45, 2.75) is 26.9 Å². The van der Waals surface area contributed by atoms with Gasteiger partial charge in [-0.15, -0.1) is 0 Å². The van der Waals surface area contributed by atoms with E-state index in [4.69, 9.17) is 0 Å². The summed E-state index contributed by atoms with van der Waals surface area (Å²) in [4.78, 5) is 16.5. The van der Waals surface area contributed by atoms with Gasteiger partial charge in [-0.2, -0.15) is 10.2 Å². The van der Waals surface area contributed by atoms with Gasteiger partial charge in [-0.3, -0.25) is 4.79 Å². The van der Waals surface area contributed by atoms with Crippen LogP contribution in [0.4, 0.5) is 0 Å². The van der Waals surface area contributed by atoms with Crippen molar-refractivity contribution in [1.82, 2.24) is 29.9 Å². The highest BCUT2D eigenvalue weighted by Crippen LogP contribution is 2.18. The van der Waals surface area contributed by atoms with Gasteiger partial charge in [0.05, 0.1) is 17.9 Å². The molecule has 1 N–H and O–H groups in total. The third kappa shape index (κ3) is 4.08. The smallest absolute Gasteiger partial charge is 0.251 e. The van der Waals surface area contributed by atoms with E-state index in [0.29, 0.717) is 18.7 Å². The van der Waals surface area contributed by atoms with E-state index in [1.165, 1.54) is 6.33 Å². The molecule has 4 rings (SSSR count). The van der Waals surface area contributed by atoms with Gasteiger partial charge in [-0.25, -0.2) is 14.3 Å². The topological polar surface area (TPSA) is 77.6 Å². The molecule has 0 bridgehead atoms. The maximum Gasteiger partial charge on any atom is 0.251 e. The summed E-state index contributed by atoms with van der Waals surface area (Å²) in [7, 11) is 0. The van der Waals surface area contributed by atoms with Gasteiger partial charge >= 0.3 is 0 Å². The molecule has 0 atom stereocenters. The molecule has 0 spiro atoms. The van der Waals surface area contributed by atoms with Crippen molar-refractivity contribution in [3.05, 3.63) is 95.3 Å². The first kappa shape index (κ1) is 18.6. The lowest BCUT2D eigenvalue weighted by Gasteiger charge is -2.08. The number of nitrogens with one attached hydrogen (secondary N) is 1. The van der Waals surface area contributed by atoms with E-state index >= 15 is 0 Å². The van der Waals surface area contributed by atoms with Gasteiger partial charge in [0, 0.05) is 23.4 Å². The third-order valence-electron chi connectivity index (χ3n) is 4.89. The van der Waals surface area contributed by atoms with Crippen LogP contribution in [-0.2, 0) is 13.1 Å². The monoisotopic (exact) mass is 386 g/mol. The second-order valence-electron chi connectivity index (χ2n) is 6.87. The molecule has 7 heteroatoms. The van der Waals surface area contributed by atoms with E-state index < -0.39 is 0 Å². The van der Waals surface area contributed by atoms with Gasteiger partial charge in [-0.05, 0) is 43.7 Å². The van der Waals surface area contributed by atoms with Gasteiger partial charge in [-0.1, -0.05) is 30.3 Å². The summed E-state index contributed by atoms with van der Waals surface area (Å²) in [6, 6.07) is 17.5. The Bertz CT molecular complexity index is 1100. The number of benzene rings is 2. The first-order chi connectivity index (χ1) is 14.1. The Labute approximate surface area is 169 Å². The molecule has 29 heavy (non-hydrogen) atoms. The van der Waals surface area contributed by atoms with Crippen LogP contribution in [0.2, 0.25) is 0 Å². The lowest BCUT2D eigenvalue weighted by molar-refractivity contribution is 0.0951. The van der Waals surface area contributed by atoms with Crippen LogP contribution < -0.4 is 5.32 Å². The molecule has 7 nitrogen and oxygen atoms in total. The summed E-state index contributed by atoms with van der Waals surface area (Å²) < 4.78 is 3.65. The zero-order valence-electron chi connectivity index (χ0n) is 16.4. The van der Waals surface area contributed by atoms with Gasteiger partial charge in [0.15, 0.2) is 0 Å². The van der Waals surface area contributed by atoms with Gasteiger partial charge in [0.2, 0.25) is 0 Å². The highest BCUT2D eigenvalue weighted by atomic mass is 16.1. The van der Waals surface area contributed by atoms with Crippen molar-refractivity contribution in [2.24, 2.45) is 0 Å². The van der Waals surface area contributed by atoms with Crippen LogP contribution in [0.3, 0.4) is 0 Å². The second kappa shape index (κ2) is 8.10. The van der Waals surface area contributed by atoms with Crippen LogP contribution in [0.5, 0.6) is 0 Å².